The van der Waals surface area contributed by atoms with E-state index >= 15 is 0 Å². The van der Waals surface area contributed by atoms with Crippen LogP contribution in [0.25, 0.3) is 0 Å². The molecule has 32 atom stereocenters. The lowest BCUT2D eigenvalue weighted by Crippen LogP contribution is -2.71. The van der Waals surface area contributed by atoms with E-state index in [2.05, 4.69) is 41.9 Å². The third kappa shape index (κ3) is 32.6. The Morgan fingerprint density at radius 2 is 0.661 bits per heavy atom. The Kier molecular flexibility index (Phi) is 49.6. The number of unbranched alkanes of at least 4 members (excludes halogenated alkanes) is 28. The Bertz CT molecular complexity index is 2760. The summed E-state index contributed by atoms with van der Waals surface area (Å²) in [5.41, 5.74) is 0. The van der Waals surface area contributed by atoms with Crippen molar-refractivity contribution in [3.63, 3.8) is 0 Å². The monoisotopic (exact) mass is 1700 g/mol. The van der Waals surface area contributed by atoms with Crippen LogP contribution in [0.5, 0.6) is 0 Å². The minimum Gasteiger partial charge on any atom is -0.394 e. The summed E-state index contributed by atoms with van der Waals surface area (Å²) in [5, 5.41) is 209. The summed E-state index contributed by atoms with van der Waals surface area (Å²) in [6, 6.07) is -4.75. The number of aliphatic hydroxyl groups excluding tert-OH is 18. The smallest absolute Gasteiger partial charge is 0.220 e. The summed E-state index contributed by atoms with van der Waals surface area (Å²) in [7, 11) is 0. The lowest BCUT2D eigenvalue weighted by atomic mass is 9.93. The molecule has 0 aliphatic carbocycles. The molecule has 12 unspecified atom stereocenters. The number of aliphatic hydroxyl groups is 18. The van der Waals surface area contributed by atoms with E-state index in [1.54, 1.807) is 6.08 Å². The average molecular weight is 1700 g/mol. The second kappa shape index (κ2) is 56.6. The zero-order valence-corrected chi connectivity index (χ0v) is 69.5. The SMILES string of the molecule is CCCCCCCC/C=C\CCCCCCCCCCCCCC(=O)N[C@@H](CO[C@@H]1OC(CO)[C@@H](O[C@@H]2OC(CO)[C@H](O[C@@H]3OC(CO)[C@H](O)[C@H](O)C3NC(C)=O)[C@H](O[C@@H]3OC(CO)[C@@H](O[C@@H]4OC(CO)[C@H](O)[C@H](O[C@@H]5OC(CO)[C@H](O)[C@H](O)C5O)C4O)[C@H](O)C3NC(C)=O)C2O)[C@H](O)C1O)[C@H](O)/C=C/CCCCCCCCCCCCC. The molecule has 0 spiro atoms. The number of amides is 3. The van der Waals surface area contributed by atoms with Crippen LogP contribution in [0.3, 0.4) is 0 Å². The molecule has 688 valence electrons. The van der Waals surface area contributed by atoms with Gasteiger partial charge in [-0.15, -0.1) is 0 Å². The van der Waals surface area contributed by atoms with Gasteiger partial charge in [-0.2, -0.15) is 0 Å². The lowest BCUT2D eigenvalue weighted by Gasteiger charge is -2.51. The highest BCUT2D eigenvalue weighted by Gasteiger charge is 2.59. The summed E-state index contributed by atoms with van der Waals surface area (Å²) in [4.78, 5) is 39.5. The molecule has 6 rings (SSSR count). The van der Waals surface area contributed by atoms with Crippen molar-refractivity contribution in [1.82, 2.24) is 16.0 Å². The van der Waals surface area contributed by atoms with E-state index in [-0.39, 0.29) is 12.3 Å². The molecule has 6 saturated heterocycles. The number of allylic oxidation sites excluding steroid dienone is 3. The van der Waals surface area contributed by atoms with Crippen molar-refractivity contribution >= 4 is 17.7 Å². The first kappa shape index (κ1) is 103. The predicted molar refractivity (Wildman–Crippen MR) is 421 cm³/mol. The second-order valence-electron chi connectivity index (χ2n) is 32.4. The Labute approximate surface area is 694 Å². The normalized spacial score (nSPS) is 36.0. The molecular formula is C82H147N3O33. The van der Waals surface area contributed by atoms with Gasteiger partial charge in [-0.3, -0.25) is 14.4 Å². The molecule has 0 saturated carbocycles. The Hall–Kier alpha value is -3.31. The summed E-state index contributed by atoms with van der Waals surface area (Å²) >= 11 is 0. The van der Waals surface area contributed by atoms with E-state index in [9.17, 15) is 106 Å². The maximum atomic E-state index is 13.7. The zero-order chi connectivity index (χ0) is 86.2. The number of hydrogen-bond donors (Lipinski definition) is 21. The van der Waals surface area contributed by atoms with Gasteiger partial charge in [-0.05, 0) is 44.9 Å². The van der Waals surface area contributed by atoms with Gasteiger partial charge in [0.2, 0.25) is 17.7 Å². The van der Waals surface area contributed by atoms with Crippen molar-refractivity contribution in [3.8, 4) is 0 Å². The van der Waals surface area contributed by atoms with Gasteiger partial charge in [0.25, 0.3) is 0 Å². The van der Waals surface area contributed by atoms with Crippen LogP contribution < -0.4 is 16.0 Å². The van der Waals surface area contributed by atoms with Gasteiger partial charge < -0.3 is 165 Å². The predicted octanol–water partition coefficient (Wildman–Crippen LogP) is -0.307. The molecule has 6 fully saturated rings. The highest BCUT2D eigenvalue weighted by Crippen LogP contribution is 2.39. The lowest BCUT2D eigenvalue weighted by molar-refractivity contribution is -0.397. The molecule has 0 radical (unpaired) electrons. The van der Waals surface area contributed by atoms with Crippen molar-refractivity contribution in [3.05, 3.63) is 24.3 Å². The van der Waals surface area contributed by atoms with Gasteiger partial charge in [-0.25, -0.2) is 0 Å². The Morgan fingerprint density at radius 1 is 0.331 bits per heavy atom. The van der Waals surface area contributed by atoms with Gasteiger partial charge in [0, 0.05) is 20.3 Å². The Balaban J connectivity index is 1.16. The largest absolute Gasteiger partial charge is 0.394 e. The first-order valence-corrected chi connectivity index (χ1v) is 43.6. The summed E-state index contributed by atoms with van der Waals surface area (Å²) in [6.07, 6.45) is -12.8. The Morgan fingerprint density at radius 3 is 1.13 bits per heavy atom. The highest BCUT2D eigenvalue weighted by molar-refractivity contribution is 5.76. The van der Waals surface area contributed by atoms with Gasteiger partial charge in [0.05, 0.1) is 58.4 Å². The van der Waals surface area contributed by atoms with Gasteiger partial charge >= 0.3 is 0 Å². The minimum absolute atomic E-state index is 0.146. The van der Waals surface area contributed by atoms with Crippen LogP contribution in [0.2, 0.25) is 0 Å². The minimum atomic E-state index is -2.35. The van der Waals surface area contributed by atoms with Crippen molar-refractivity contribution < 1.29 is 163 Å². The molecule has 36 heteroatoms. The molecule has 3 amide bonds. The van der Waals surface area contributed by atoms with Crippen LogP contribution in [0, 0.1) is 0 Å². The topological polar surface area (TPSA) is 562 Å². The fraction of sp³-hybridized carbons (Fsp3) is 0.915. The number of ether oxygens (including phenoxy) is 12. The summed E-state index contributed by atoms with van der Waals surface area (Å²) in [5.74, 6) is -2.09. The standard InChI is InChI=1S/C82H147N3O33/c1-5-7-9-11-13-15-17-19-20-21-22-23-24-25-26-28-30-32-34-36-38-40-58(95)85-50(51(94)39-37-35-33-31-29-27-18-16-14-12-10-8-6-2)47-107-79-69(104)67(102)73(56(45-90)112-79)115-82-71(106)76(74(57(46-91)113-82)116-77-59(83-48(3)92)64(99)61(96)52(41-86)108-77)118-78-60(84-49(4)93)65(100)72(55(44-89)111-78)114-81-70(105)75(63(98)54(43-88)110-81)117-80-68(103)66(101)62(97)53(42-87)109-80/h19-20,37,39,50-57,59-82,86-91,94,96-106H,5-18,21-36,38,40-47H2,1-4H3,(H,83,92)(H,84,93)(H,85,95)/b20-19-,39-37+/t50-,51+,52?,53?,54?,55?,56?,57?,59?,60?,61-,62-,63-,64+,65+,66-,67+,68?,69?,70?,71?,72+,73+,74-,75-,76+,77-,78-,79+,80-,81-,82-/m0/s1. The molecule has 6 aliphatic rings. The van der Waals surface area contributed by atoms with E-state index < -0.39 is 254 Å². The van der Waals surface area contributed by atoms with Gasteiger partial charge in [0.1, 0.15) is 146 Å². The number of carbonyl (C=O) groups excluding carboxylic acids is 3. The summed E-state index contributed by atoms with van der Waals surface area (Å²) < 4.78 is 72.1. The highest BCUT2D eigenvalue weighted by atomic mass is 16.8. The first-order chi connectivity index (χ1) is 56.8. The van der Waals surface area contributed by atoms with Crippen LogP contribution >= 0.6 is 0 Å². The molecule has 21 N–H and O–H groups in total. The zero-order valence-electron chi connectivity index (χ0n) is 69.5. The maximum Gasteiger partial charge on any atom is 0.220 e. The molecule has 0 aromatic rings. The third-order valence-electron chi connectivity index (χ3n) is 22.9. The van der Waals surface area contributed by atoms with Crippen LogP contribution in [-0.4, -0.2) is 352 Å². The molecular weight excluding hydrogens is 1550 g/mol. The molecule has 36 nitrogen and oxygen atoms in total. The second-order valence-corrected chi connectivity index (χ2v) is 32.4. The summed E-state index contributed by atoms with van der Waals surface area (Å²) in [6.45, 7) is -0.137. The molecule has 0 aromatic carbocycles. The van der Waals surface area contributed by atoms with Crippen LogP contribution in [0.1, 0.15) is 233 Å². The van der Waals surface area contributed by atoms with Crippen LogP contribution in [-0.2, 0) is 71.2 Å². The van der Waals surface area contributed by atoms with Crippen molar-refractivity contribution in [2.75, 3.05) is 46.2 Å². The molecule has 0 bridgehead atoms. The average Bonchev–Trinajstić information content (AvgIpc) is 0.756. The van der Waals surface area contributed by atoms with E-state index in [1.165, 1.54) is 122 Å². The molecule has 6 aliphatic heterocycles. The maximum absolute atomic E-state index is 13.7. The van der Waals surface area contributed by atoms with E-state index in [4.69, 9.17) is 56.8 Å². The van der Waals surface area contributed by atoms with Gasteiger partial charge in [-0.1, -0.05) is 192 Å². The fourth-order valence-corrected chi connectivity index (χ4v) is 15.9. The van der Waals surface area contributed by atoms with Crippen molar-refractivity contribution in [2.45, 2.75) is 429 Å². The van der Waals surface area contributed by atoms with E-state index in [1.807, 2.05) is 6.08 Å². The van der Waals surface area contributed by atoms with E-state index in [0.717, 1.165) is 78.1 Å². The quantitative estimate of drug-likeness (QED) is 0.0274. The van der Waals surface area contributed by atoms with Crippen molar-refractivity contribution in [1.29, 1.82) is 0 Å². The van der Waals surface area contributed by atoms with E-state index in [0.29, 0.717) is 12.8 Å². The number of nitrogens with one attached hydrogen (secondary N) is 3. The molecule has 6 heterocycles. The first-order valence-electron chi connectivity index (χ1n) is 43.6. The van der Waals surface area contributed by atoms with Gasteiger partial charge in [0.15, 0.2) is 37.7 Å². The van der Waals surface area contributed by atoms with Crippen LogP contribution in [0.4, 0.5) is 0 Å². The molecule has 0 aromatic heterocycles. The number of rotatable bonds is 57. The third-order valence-corrected chi connectivity index (χ3v) is 22.9. The molecule has 118 heavy (non-hydrogen) atoms. The fourth-order valence-electron chi connectivity index (χ4n) is 15.9. The van der Waals surface area contributed by atoms with Crippen LogP contribution in [0.15, 0.2) is 24.3 Å². The number of carbonyl (C=O) groups is 3. The van der Waals surface area contributed by atoms with Crippen molar-refractivity contribution in [2.24, 2.45) is 0 Å². The number of hydrogen-bond acceptors (Lipinski definition) is 33.